The molecule has 0 aromatic rings. The third-order valence-corrected chi connectivity index (χ3v) is 2.64. The molecule has 0 fully saturated rings. The van der Waals surface area contributed by atoms with Gasteiger partial charge in [-0.05, 0) is 45.1 Å². The van der Waals surface area contributed by atoms with E-state index in [0.29, 0.717) is 12.0 Å². The Bertz CT molecular complexity index is 253. The van der Waals surface area contributed by atoms with Gasteiger partial charge in [0.05, 0.1) is 0 Å². The summed E-state index contributed by atoms with van der Waals surface area (Å²) in [5.74, 6) is 0.637. The Balaban J connectivity index is 2.74. The van der Waals surface area contributed by atoms with Crippen molar-refractivity contribution in [3.8, 4) is 0 Å². The minimum Gasteiger partial charge on any atom is -0.305 e. The molecular formula is C14H25N. The van der Waals surface area contributed by atoms with Crippen molar-refractivity contribution in [2.75, 3.05) is 0 Å². The second-order valence-electron chi connectivity index (χ2n) is 5.80. The van der Waals surface area contributed by atoms with Gasteiger partial charge in [-0.25, -0.2) is 0 Å². The lowest BCUT2D eigenvalue weighted by Crippen LogP contribution is -2.47. The largest absolute Gasteiger partial charge is 0.305 e. The maximum atomic E-state index is 3.71. The van der Waals surface area contributed by atoms with Crippen LogP contribution >= 0.6 is 0 Å². The molecule has 15 heavy (non-hydrogen) atoms. The minimum absolute atomic E-state index is 0.182. The smallest absolute Gasteiger partial charge is 0.0344 e. The highest BCUT2D eigenvalue weighted by molar-refractivity contribution is 5.28. The molecule has 0 aromatic heterocycles. The Labute approximate surface area is 94.6 Å². The summed E-state index contributed by atoms with van der Waals surface area (Å²) >= 11 is 0. The summed E-state index contributed by atoms with van der Waals surface area (Å²) in [6.07, 6.45) is 9.34. The molecule has 1 unspecified atom stereocenters. The fourth-order valence-corrected chi connectivity index (χ4v) is 1.97. The summed E-state index contributed by atoms with van der Waals surface area (Å²) in [5, 5.41) is 3.71. The highest BCUT2D eigenvalue weighted by Gasteiger charge is 2.22. The first-order valence-electron chi connectivity index (χ1n) is 6.04. The average molecular weight is 207 g/mol. The average Bonchev–Trinajstić information content (AvgIpc) is 2.14. The number of allylic oxidation sites excluding steroid dienone is 2. The maximum Gasteiger partial charge on any atom is 0.0344 e. The van der Waals surface area contributed by atoms with Gasteiger partial charge in [0, 0.05) is 11.6 Å². The summed E-state index contributed by atoms with van der Waals surface area (Å²) in [7, 11) is 0. The molecule has 1 atom stereocenters. The van der Waals surface area contributed by atoms with Gasteiger partial charge in [-0.1, -0.05) is 32.1 Å². The highest BCUT2D eigenvalue weighted by Crippen LogP contribution is 2.21. The molecule has 1 rings (SSSR count). The maximum absolute atomic E-state index is 3.71. The summed E-state index contributed by atoms with van der Waals surface area (Å²) in [6, 6.07) is 0.488. The molecular weight excluding hydrogens is 182 g/mol. The van der Waals surface area contributed by atoms with E-state index in [1.165, 1.54) is 18.4 Å². The van der Waals surface area contributed by atoms with Gasteiger partial charge in [0.25, 0.3) is 0 Å². The normalized spacial score (nSPS) is 19.2. The molecule has 0 saturated carbocycles. The highest BCUT2D eigenvalue weighted by atomic mass is 15.0. The van der Waals surface area contributed by atoms with Crippen molar-refractivity contribution in [2.24, 2.45) is 5.92 Å². The fraction of sp³-hybridized carbons (Fsp3) is 0.714. The first kappa shape index (κ1) is 12.5. The van der Waals surface area contributed by atoms with Gasteiger partial charge < -0.3 is 5.32 Å². The minimum atomic E-state index is 0.182. The molecule has 0 heterocycles. The molecule has 0 aliphatic heterocycles. The van der Waals surface area contributed by atoms with Crippen LogP contribution in [-0.2, 0) is 0 Å². The van der Waals surface area contributed by atoms with Crippen LogP contribution < -0.4 is 5.32 Å². The molecule has 0 amide bonds. The Kier molecular flexibility index (Phi) is 4.15. The van der Waals surface area contributed by atoms with Crippen molar-refractivity contribution in [1.82, 2.24) is 5.32 Å². The van der Waals surface area contributed by atoms with E-state index in [1.54, 1.807) is 0 Å². The van der Waals surface area contributed by atoms with Crippen molar-refractivity contribution in [3.63, 3.8) is 0 Å². The molecule has 0 aromatic carbocycles. The summed E-state index contributed by atoms with van der Waals surface area (Å²) in [4.78, 5) is 0. The van der Waals surface area contributed by atoms with Gasteiger partial charge in [-0.3, -0.25) is 0 Å². The van der Waals surface area contributed by atoms with Gasteiger partial charge in [0.1, 0.15) is 0 Å². The molecule has 86 valence electrons. The molecule has 1 N–H and O–H groups in total. The van der Waals surface area contributed by atoms with E-state index in [9.17, 15) is 0 Å². The van der Waals surface area contributed by atoms with Crippen molar-refractivity contribution < 1.29 is 0 Å². The van der Waals surface area contributed by atoms with Gasteiger partial charge in [0.15, 0.2) is 0 Å². The topological polar surface area (TPSA) is 12.0 Å². The summed E-state index contributed by atoms with van der Waals surface area (Å²) < 4.78 is 0. The molecule has 1 nitrogen and oxygen atoms in total. The van der Waals surface area contributed by atoms with E-state index in [1.807, 2.05) is 0 Å². The number of nitrogens with one attached hydrogen (secondary N) is 1. The molecule has 0 spiro atoms. The van der Waals surface area contributed by atoms with Crippen LogP contribution in [0.25, 0.3) is 0 Å². The molecule has 1 aliphatic carbocycles. The number of hydrogen-bond donors (Lipinski definition) is 1. The van der Waals surface area contributed by atoms with E-state index in [2.05, 4.69) is 58.2 Å². The SMILES string of the molecule is CC(C)C(NC(C)(C)C)C1=CCCC=C1. The lowest BCUT2D eigenvalue weighted by molar-refractivity contribution is 0.334. The standard InChI is InChI=1S/C14H25N/c1-11(2)13(15-14(3,4)5)12-9-7-6-8-10-12/h7,9-11,13,15H,6,8H2,1-5H3. The quantitative estimate of drug-likeness (QED) is 0.744. The van der Waals surface area contributed by atoms with Crippen molar-refractivity contribution >= 4 is 0 Å². The third kappa shape index (κ3) is 4.21. The van der Waals surface area contributed by atoms with Gasteiger partial charge >= 0.3 is 0 Å². The molecule has 1 aliphatic rings. The molecule has 0 radical (unpaired) electrons. The van der Waals surface area contributed by atoms with Crippen LogP contribution in [-0.4, -0.2) is 11.6 Å². The van der Waals surface area contributed by atoms with Crippen LogP contribution in [0.2, 0.25) is 0 Å². The van der Waals surface area contributed by atoms with E-state index < -0.39 is 0 Å². The fourth-order valence-electron chi connectivity index (χ4n) is 1.97. The molecule has 1 heteroatoms. The van der Waals surface area contributed by atoms with E-state index in [0.717, 1.165) is 0 Å². The summed E-state index contributed by atoms with van der Waals surface area (Å²) in [5.41, 5.74) is 1.65. The lowest BCUT2D eigenvalue weighted by Gasteiger charge is -2.32. The second kappa shape index (κ2) is 4.98. The zero-order valence-electron chi connectivity index (χ0n) is 10.8. The van der Waals surface area contributed by atoms with Crippen LogP contribution in [0, 0.1) is 5.92 Å². The Morgan fingerprint density at radius 3 is 2.27 bits per heavy atom. The molecule has 0 saturated heterocycles. The Morgan fingerprint density at radius 2 is 1.87 bits per heavy atom. The Hall–Kier alpha value is -0.560. The monoisotopic (exact) mass is 207 g/mol. The van der Waals surface area contributed by atoms with Crippen LogP contribution in [0.15, 0.2) is 23.8 Å². The predicted molar refractivity (Wildman–Crippen MR) is 68.0 cm³/mol. The number of hydrogen-bond acceptors (Lipinski definition) is 1. The lowest BCUT2D eigenvalue weighted by atomic mass is 9.90. The van der Waals surface area contributed by atoms with Crippen molar-refractivity contribution in [3.05, 3.63) is 23.8 Å². The van der Waals surface area contributed by atoms with Gasteiger partial charge in [0.2, 0.25) is 0 Å². The first-order valence-corrected chi connectivity index (χ1v) is 6.04. The zero-order valence-corrected chi connectivity index (χ0v) is 10.8. The van der Waals surface area contributed by atoms with Crippen molar-refractivity contribution in [1.29, 1.82) is 0 Å². The van der Waals surface area contributed by atoms with Crippen LogP contribution in [0.1, 0.15) is 47.5 Å². The van der Waals surface area contributed by atoms with Crippen LogP contribution in [0.4, 0.5) is 0 Å². The third-order valence-electron chi connectivity index (χ3n) is 2.64. The second-order valence-corrected chi connectivity index (χ2v) is 5.80. The van der Waals surface area contributed by atoms with Crippen molar-refractivity contribution in [2.45, 2.75) is 59.0 Å². The van der Waals surface area contributed by atoms with Gasteiger partial charge in [-0.15, -0.1) is 0 Å². The zero-order chi connectivity index (χ0) is 11.5. The molecule has 0 bridgehead atoms. The summed E-state index contributed by atoms with van der Waals surface area (Å²) in [6.45, 7) is 11.3. The Morgan fingerprint density at radius 1 is 1.20 bits per heavy atom. The van der Waals surface area contributed by atoms with Gasteiger partial charge in [-0.2, -0.15) is 0 Å². The predicted octanol–water partition coefficient (Wildman–Crippen LogP) is 3.68. The first-order chi connectivity index (χ1) is 6.90. The van der Waals surface area contributed by atoms with E-state index >= 15 is 0 Å². The van der Waals surface area contributed by atoms with E-state index in [-0.39, 0.29) is 5.54 Å². The van der Waals surface area contributed by atoms with E-state index in [4.69, 9.17) is 0 Å². The van der Waals surface area contributed by atoms with Crippen LogP contribution in [0.3, 0.4) is 0 Å². The van der Waals surface area contributed by atoms with Crippen LogP contribution in [0.5, 0.6) is 0 Å². The number of rotatable bonds is 3.